The van der Waals surface area contributed by atoms with Gasteiger partial charge in [-0.2, -0.15) is 0 Å². The van der Waals surface area contributed by atoms with E-state index in [0.717, 1.165) is 5.56 Å². The smallest absolute Gasteiger partial charge is 0.329 e. The average molecular weight is 268 g/mol. The Labute approximate surface area is 104 Å². The third kappa shape index (κ3) is 2.66. The summed E-state index contributed by atoms with van der Waals surface area (Å²) in [5.41, 5.74) is 6.29. The number of benzene rings is 1. The van der Waals surface area contributed by atoms with Crippen LogP contribution in [0.5, 0.6) is 0 Å². The predicted octanol–water partition coefficient (Wildman–Crippen LogP) is 0.638. The van der Waals surface area contributed by atoms with Crippen LogP contribution in [0.15, 0.2) is 33.6 Å². The summed E-state index contributed by atoms with van der Waals surface area (Å²) < 4.78 is 31.0. The van der Waals surface area contributed by atoms with Gasteiger partial charge in [0.25, 0.3) is 10.0 Å². The maximum Gasteiger partial charge on any atom is 0.329 e. The number of anilines is 1. The molecule has 0 amide bonds. The van der Waals surface area contributed by atoms with Crippen molar-refractivity contribution in [3.8, 4) is 0 Å². The highest BCUT2D eigenvalue weighted by Crippen LogP contribution is 2.15. The van der Waals surface area contributed by atoms with Crippen LogP contribution in [0.1, 0.15) is 11.5 Å². The zero-order chi connectivity index (χ0) is 13.2. The molecule has 1 aromatic carbocycles. The van der Waals surface area contributed by atoms with Crippen molar-refractivity contribution in [2.75, 3.05) is 4.72 Å². The number of nitrogens with one attached hydrogen (secondary N) is 1. The highest BCUT2D eigenvalue weighted by atomic mass is 32.2. The highest BCUT2D eigenvalue weighted by Gasteiger charge is 2.17. The molecule has 8 heteroatoms. The molecule has 7 nitrogen and oxygen atoms in total. The van der Waals surface area contributed by atoms with Crippen molar-refractivity contribution in [1.82, 2.24) is 10.2 Å². The lowest BCUT2D eigenvalue weighted by Crippen LogP contribution is -2.13. The van der Waals surface area contributed by atoms with Crippen molar-refractivity contribution in [3.63, 3.8) is 0 Å². The Hall–Kier alpha value is -1.93. The third-order valence-corrected chi connectivity index (χ3v) is 3.55. The molecule has 96 valence electrons. The monoisotopic (exact) mass is 268 g/mol. The fourth-order valence-corrected chi connectivity index (χ4v) is 2.24. The maximum atomic E-state index is 11.9. The van der Waals surface area contributed by atoms with Gasteiger partial charge in [0.05, 0.1) is 4.90 Å². The molecule has 0 radical (unpaired) electrons. The Morgan fingerprint density at radius 2 is 1.94 bits per heavy atom. The number of aryl methyl sites for hydroxylation is 1. The van der Waals surface area contributed by atoms with Crippen molar-refractivity contribution >= 4 is 16.0 Å². The first-order valence-corrected chi connectivity index (χ1v) is 6.61. The molecule has 2 aromatic rings. The fraction of sp³-hybridized carbons (Fsp3) is 0.200. The fourth-order valence-electron chi connectivity index (χ4n) is 1.32. The van der Waals surface area contributed by atoms with Crippen molar-refractivity contribution in [2.45, 2.75) is 18.4 Å². The number of hydrogen-bond acceptors (Lipinski definition) is 6. The predicted molar refractivity (Wildman–Crippen MR) is 64.2 cm³/mol. The van der Waals surface area contributed by atoms with Crippen LogP contribution in [0.4, 0.5) is 6.01 Å². The van der Waals surface area contributed by atoms with Gasteiger partial charge in [-0.15, -0.1) is 5.10 Å². The van der Waals surface area contributed by atoms with Gasteiger partial charge in [-0.05, 0) is 17.7 Å². The number of rotatable bonds is 4. The minimum atomic E-state index is -3.71. The van der Waals surface area contributed by atoms with Crippen molar-refractivity contribution < 1.29 is 12.8 Å². The van der Waals surface area contributed by atoms with Gasteiger partial charge in [0.1, 0.15) is 0 Å². The van der Waals surface area contributed by atoms with Gasteiger partial charge in [0, 0.05) is 13.5 Å². The quantitative estimate of drug-likeness (QED) is 0.841. The molecule has 0 aliphatic heterocycles. The summed E-state index contributed by atoms with van der Waals surface area (Å²) in [4.78, 5) is 0.107. The molecule has 0 bridgehead atoms. The molecule has 0 fully saturated rings. The lowest BCUT2D eigenvalue weighted by Gasteiger charge is -2.04. The van der Waals surface area contributed by atoms with Gasteiger partial charge in [-0.25, -0.2) is 13.1 Å². The molecule has 2 rings (SSSR count). The molecule has 0 unspecified atom stereocenters. The Kier molecular flexibility index (Phi) is 3.30. The second-order valence-corrected chi connectivity index (χ2v) is 5.26. The minimum Gasteiger partial charge on any atom is -0.408 e. The summed E-state index contributed by atoms with van der Waals surface area (Å²) in [5, 5.41) is 7.09. The standard InChI is InChI=1S/C10H12N4O3S/c1-7-12-13-10(17-7)14-18(15,16)9-4-2-8(6-11)3-5-9/h2-5H,6,11H2,1H3,(H,13,14). The van der Waals surface area contributed by atoms with Crippen molar-refractivity contribution in [1.29, 1.82) is 0 Å². The van der Waals surface area contributed by atoms with Crippen molar-refractivity contribution in [3.05, 3.63) is 35.7 Å². The number of sulfonamides is 1. The topological polar surface area (TPSA) is 111 Å². The molecule has 1 heterocycles. The number of aromatic nitrogens is 2. The zero-order valence-corrected chi connectivity index (χ0v) is 10.4. The second-order valence-electron chi connectivity index (χ2n) is 3.58. The van der Waals surface area contributed by atoms with E-state index in [9.17, 15) is 8.42 Å². The number of nitrogens with two attached hydrogens (primary N) is 1. The lowest BCUT2D eigenvalue weighted by molar-refractivity contribution is 0.534. The maximum absolute atomic E-state index is 11.9. The minimum absolute atomic E-state index is 0.107. The van der Waals surface area contributed by atoms with Crippen LogP contribution in [-0.2, 0) is 16.6 Å². The molecule has 0 aliphatic rings. The molecule has 0 atom stereocenters. The first kappa shape index (κ1) is 12.5. The summed E-state index contributed by atoms with van der Waals surface area (Å²) in [6.07, 6.45) is 0. The molecule has 0 aliphatic carbocycles. The number of nitrogens with zero attached hydrogens (tertiary/aromatic N) is 2. The number of hydrogen-bond donors (Lipinski definition) is 2. The molecule has 18 heavy (non-hydrogen) atoms. The Morgan fingerprint density at radius 3 is 2.44 bits per heavy atom. The van der Waals surface area contributed by atoms with Crippen LogP contribution >= 0.6 is 0 Å². The van der Waals surface area contributed by atoms with Gasteiger partial charge in [0.2, 0.25) is 5.89 Å². The first-order valence-electron chi connectivity index (χ1n) is 5.13. The van der Waals surface area contributed by atoms with Gasteiger partial charge < -0.3 is 10.2 Å². The molecule has 0 saturated carbocycles. The van der Waals surface area contributed by atoms with E-state index in [-0.39, 0.29) is 16.8 Å². The normalized spacial score (nSPS) is 11.4. The van der Waals surface area contributed by atoms with E-state index < -0.39 is 10.0 Å². The molecule has 0 saturated heterocycles. The first-order chi connectivity index (χ1) is 8.51. The van der Waals surface area contributed by atoms with Crippen LogP contribution in [0, 0.1) is 6.92 Å². The molecule has 3 N–H and O–H groups in total. The van der Waals surface area contributed by atoms with E-state index in [1.807, 2.05) is 0 Å². The second kappa shape index (κ2) is 4.75. The lowest BCUT2D eigenvalue weighted by atomic mass is 10.2. The van der Waals surface area contributed by atoms with E-state index in [4.69, 9.17) is 10.2 Å². The Bertz CT molecular complexity index is 633. The van der Waals surface area contributed by atoms with E-state index in [2.05, 4.69) is 14.9 Å². The van der Waals surface area contributed by atoms with Gasteiger partial charge in [-0.3, -0.25) is 0 Å². The van der Waals surface area contributed by atoms with Crippen LogP contribution < -0.4 is 10.5 Å². The summed E-state index contributed by atoms with van der Waals surface area (Å²) >= 11 is 0. The van der Waals surface area contributed by atoms with Gasteiger partial charge >= 0.3 is 6.01 Å². The molecular formula is C10H12N4O3S. The summed E-state index contributed by atoms with van der Waals surface area (Å²) in [6, 6.07) is 6.07. The van der Waals surface area contributed by atoms with Crippen LogP contribution in [0.25, 0.3) is 0 Å². The van der Waals surface area contributed by atoms with Gasteiger partial charge in [-0.1, -0.05) is 17.2 Å². The van der Waals surface area contributed by atoms with Crippen molar-refractivity contribution in [2.24, 2.45) is 5.73 Å². The van der Waals surface area contributed by atoms with Crippen LogP contribution in [0.2, 0.25) is 0 Å². The van der Waals surface area contributed by atoms with E-state index >= 15 is 0 Å². The van der Waals surface area contributed by atoms with Crippen LogP contribution in [-0.4, -0.2) is 18.6 Å². The summed E-state index contributed by atoms with van der Waals surface area (Å²) in [5.74, 6) is 0.283. The molecular weight excluding hydrogens is 256 g/mol. The van der Waals surface area contributed by atoms with E-state index in [1.54, 1.807) is 19.1 Å². The van der Waals surface area contributed by atoms with E-state index in [0.29, 0.717) is 6.54 Å². The average Bonchev–Trinajstić information content (AvgIpc) is 2.74. The largest absolute Gasteiger partial charge is 0.408 e. The summed E-state index contributed by atoms with van der Waals surface area (Å²) in [6.45, 7) is 1.93. The third-order valence-electron chi connectivity index (χ3n) is 2.22. The Balaban J connectivity index is 2.24. The van der Waals surface area contributed by atoms with Crippen LogP contribution in [0.3, 0.4) is 0 Å². The van der Waals surface area contributed by atoms with E-state index in [1.165, 1.54) is 12.1 Å². The molecule has 1 aromatic heterocycles. The summed E-state index contributed by atoms with van der Waals surface area (Å²) in [7, 11) is -3.71. The zero-order valence-electron chi connectivity index (χ0n) is 9.62. The highest BCUT2D eigenvalue weighted by molar-refractivity contribution is 7.92. The molecule has 0 spiro atoms. The van der Waals surface area contributed by atoms with Gasteiger partial charge in [0.15, 0.2) is 0 Å². The SMILES string of the molecule is Cc1nnc(NS(=O)(=O)c2ccc(CN)cc2)o1. The Morgan fingerprint density at radius 1 is 1.28 bits per heavy atom.